The number of nitrogens with two attached hydrogens (primary N) is 1. The van der Waals surface area contributed by atoms with Gasteiger partial charge in [-0.15, -0.1) is 16.4 Å². The van der Waals surface area contributed by atoms with Crippen LogP contribution in [-0.2, 0) is 0 Å². The maximum atomic E-state index is 11.2. The quantitative estimate of drug-likeness (QED) is 0.674. The van der Waals surface area contributed by atoms with Crippen molar-refractivity contribution in [3.8, 4) is 22.1 Å². The fraction of sp³-hybridized carbons (Fsp3) is 0. The van der Waals surface area contributed by atoms with Crippen molar-refractivity contribution in [1.82, 2.24) is 19.9 Å². The highest BCUT2D eigenvalue weighted by Crippen LogP contribution is 2.26. The molecule has 2 heterocycles. The van der Waals surface area contributed by atoms with Crippen molar-refractivity contribution in [3.63, 3.8) is 0 Å². The minimum absolute atomic E-state index is 0.332. The molecule has 0 saturated heterocycles. The van der Waals surface area contributed by atoms with Crippen LogP contribution in [0.4, 0.5) is 0 Å². The summed E-state index contributed by atoms with van der Waals surface area (Å²) in [4.78, 5) is 15.6. The van der Waals surface area contributed by atoms with Gasteiger partial charge in [-0.1, -0.05) is 30.3 Å². The Morgan fingerprint density at radius 2 is 2.06 bits per heavy atom. The Labute approximate surface area is 106 Å². The summed E-state index contributed by atoms with van der Waals surface area (Å²) >= 11 is 1.48. The van der Waals surface area contributed by atoms with E-state index in [4.69, 9.17) is 5.84 Å². The lowest BCUT2D eigenvalue weighted by Crippen LogP contribution is -2.24. The van der Waals surface area contributed by atoms with Gasteiger partial charge in [-0.05, 0) is 0 Å². The predicted molar refractivity (Wildman–Crippen MR) is 69.5 cm³/mol. The zero-order valence-electron chi connectivity index (χ0n) is 9.20. The molecule has 0 fully saturated rings. The lowest BCUT2D eigenvalue weighted by molar-refractivity contribution is 0.939. The van der Waals surface area contributed by atoms with E-state index >= 15 is 0 Å². The molecule has 0 bridgehead atoms. The second-order valence-corrected chi connectivity index (χ2v) is 4.48. The van der Waals surface area contributed by atoms with Crippen molar-refractivity contribution >= 4 is 11.3 Å². The van der Waals surface area contributed by atoms with Crippen LogP contribution in [0.3, 0.4) is 0 Å². The van der Waals surface area contributed by atoms with E-state index < -0.39 is 5.69 Å². The monoisotopic (exact) mass is 259 g/mol. The second kappa shape index (κ2) is 4.11. The summed E-state index contributed by atoms with van der Waals surface area (Å²) in [6.45, 7) is 0. The Bertz CT molecular complexity index is 727. The van der Waals surface area contributed by atoms with Gasteiger partial charge in [0.05, 0.1) is 0 Å². The van der Waals surface area contributed by atoms with Crippen molar-refractivity contribution in [3.05, 3.63) is 46.2 Å². The van der Waals surface area contributed by atoms with Gasteiger partial charge in [-0.2, -0.15) is 4.68 Å². The minimum atomic E-state index is -0.459. The normalized spacial score (nSPS) is 10.7. The molecule has 0 atom stereocenters. The van der Waals surface area contributed by atoms with Crippen molar-refractivity contribution in [2.24, 2.45) is 0 Å². The number of hydrogen-bond donors (Lipinski definition) is 2. The van der Waals surface area contributed by atoms with E-state index in [1.807, 2.05) is 35.7 Å². The first-order valence-corrected chi connectivity index (χ1v) is 6.07. The number of hydrogen-bond acceptors (Lipinski definition) is 5. The maximum absolute atomic E-state index is 11.2. The van der Waals surface area contributed by atoms with Crippen LogP contribution in [-0.4, -0.2) is 19.9 Å². The van der Waals surface area contributed by atoms with Gasteiger partial charge in [0.2, 0.25) is 5.82 Å². The van der Waals surface area contributed by atoms with E-state index in [1.165, 1.54) is 11.3 Å². The zero-order chi connectivity index (χ0) is 12.5. The van der Waals surface area contributed by atoms with Gasteiger partial charge in [0, 0.05) is 10.9 Å². The fourth-order valence-electron chi connectivity index (χ4n) is 1.58. The fourth-order valence-corrected chi connectivity index (χ4v) is 2.38. The number of nitrogens with one attached hydrogen (secondary N) is 1. The predicted octanol–water partition coefficient (Wildman–Crippen LogP) is 1.08. The number of H-pyrrole nitrogens is 1. The summed E-state index contributed by atoms with van der Waals surface area (Å²) in [6.07, 6.45) is 0. The van der Waals surface area contributed by atoms with Crippen LogP contribution in [0.15, 0.2) is 40.5 Å². The molecule has 0 aliphatic rings. The largest absolute Gasteiger partial charge is 0.362 e. The van der Waals surface area contributed by atoms with Gasteiger partial charge >= 0.3 is 5.69 Å². The molecule has 6 nitrogen and oxygen atoms in total. The lowest BCUT2D eigenvalue weighted by Gasteiger charge is -1.95. The average Bonchev–Trinajstić information content (AvgIpc) is 3.00. The molecule has 0 amide bonds. The van der Waals surface area contributed by atoms with Gasteiger partial charge < -0.3 is 5.84 Å². The molecule has 3 aromatic rings. The smallest absolute Gasteiger partial charge is 0.333 e. The summed E-state index contributed by atoms with van der Waals surface area (Å²) in [7, 11) is 0. The number of aromatic amines is 1. The van der Waals surface area contributed by atoms with E-state index in [1.54, 1.807) is 0 Å². The van der Waals surface area contributed by atoms with Crippen LogP contribution in [0.2, 0.25) is 0 Å². The van der Waals surface area contributed by atoms with E-state index in [9.17, 15) is 4.79 Å². The van der Waals surface area contributed by atoms with Crippen LogP contribution >= 0.6 is 11.3 Å². The molecule has 0 aliphatic heterocycles. The summed E-state index contributed by atoms with van der Waals surface area (Å²) in [5.74, 6) is 5.89. The van der Waals surface area contributed by atoms with Crippen LogP contribution in [0, 0.1) is 0 Å². The zero-order valence-corrected chi connectivity index (χ0v) is 10.0. The second-order valence-electron chi connectivity index (χ2n) is 3.63. The highest BCUT2D eigenvalue weighted by Gasteiger charge is 2.12. The number of nitrogen functional groups attached to an aromatic ring is 1. The van der Waals surface area contributed by atoms with E-state index in [2.05, 4.69) is 15.2 Å². The Hall–Kier alpha value is -2.41. The number of rotatable bonds is 2. The van der Waals surface area contributed by atoms with Crippen LogP contribution in [0.5, 0.6) is 0 Å². The van der Waals surface area contributed by atoms with Crippen molar-refractivity contribution in [2.45, 2.75) is 0 Å². The van der Waals surface area contributed by atoms with Gasteiger partial charge in [0.15, 0.2) is 0 Å². The number of aromatic nitrogens is 4. The van der Waals surface area contributed by atoms with Crippen molar-refractivity contribution < 1.29 is 0 Å². The molecular formula is C11H9N5OS. The summed E-state index contributed by atoms with van der Waals surface area (Å²) < 4.78 is 0.948. The molecule has 2 aromatic heterocycles. The third kappa shape index (κ3) is 1.70. The molecule has 0 radical (unpaired) electrons. The first kappa shape index (κ1) is 10.7. The summed E-state index contributed by atoms with van der Waals surface area (Å²) in [5.41, 5.74) is 1.15. The third-order valence-electron chi connectivity index (χ3n) is 2.46. The molecule has 7 heteroatoms. The maximum Gasteiger partial charge on any atom is 0.362 e. The van der Waals surface area contributed by atoms with Crippen molar-refractivity contribution in [2.75, 3.05) is 5.84 Å². The van der Waals surface area contributed by atoms with Gasteiger partial charge in [-0.25, -0.2) is 14.9 Å². The standard InChI is InChI=1S/C11H9N5OS/c12-16-9(14-15-11(16)17)8-6-18-10(13-8)7-4-2-1-3-5-7/h1-6H,12H2,(H,15,17). The molecule has 0 saturated carbocycles. The Balaban J connectivity index is 2.05. The molecule has 3 rings (SSSR count). The average molecular weight is 259 g/mol. The van der Waals surface area contributed by atoms with E-state index in [0.717, 1.165) is 15.2 Å². The van der Waals surface area contributed by atoms with Crippen LogP contribution in [0.25, 0.3) is 22.1 Å². The minimum Gasteiger partial charge on any atom is -0.333 e. The van der Waals surface area contributed by atoms with E-state index in [0.29, 0.717) is 11.5 Å². The SMILES string of the molecule is Nn1c(-c2csc(-c3ccccc3)n2)n[nH]c1=O. The number of thiazole rings is 1. The Morgan fingerprint density at radius 3 is 2.72 bits per heavy atom. The molecule has 0 spiro atoms. The molecule has 18 heavy (non-hydrogen) atoms. The topological polar surface area (TPSA) is 89.6 Å². The Kier molecular flexibility index (Phi) is 2.45. The number of benzene rings is 1. The molecule has 0 unspecified atom stereocenters. The Morgan fingerprint density at radius 1 is 1.28 bits per heavy atom. The van der Waals surface area contributed by atoms with Gasteiger partial charge in [0.1, 0.15) is 10.7 Å². The van der Waals surface area contributed by atoms with Crippen LogP contribution < -0.4 is 11.5 Å². The van der Waals surface area contributed by atoms with Crippen LogP contribution in [0.1, 0.15) is 0 Å². The lowest BCUT2D eigenvalue weighted by atomic mass is 10.2. The van der Waals surface area contributed by atoms with Gasteiger partial charge in [0.25, 0.3) is 0 Å². The summed E-state index contributed by atoms with van der Waals surface area (Å²) in [5, 5.41) is 8.80. The molecule has 1 aromatic carbocycles. The molecule has 3 N–H and O–H groups in total. The first-order valence-electron chi connectivity index (χ1n) is 5.19. The summed E-state index contributed by atoms with van der Waals surface area (Å²) in [6, 6.07) is 9.79. The van der Waals surface area contributed by atoms with Crippen molar-refractivity contribution in [1.29, 1.82) is 0 Å². The highest BCUT2D eigenvalue weighted by atomic mass is 32.1. The van der Waals surface area contributed by atoms with E-state index in [-0.39, 0.29) is 0 Å². The highest BCUT2D eigenvalue weighted by molar-refractivity contribution is 7.13. The molecular weight excluding hydrogens is 250 g/mol. The molecule has 90 valence electrons. The number of nitrogens with zero attached hydrogens (tertiary/aromatic N) is 3. The third-order valence-corrected chi connectivity index (χ3v) is 3.35. The molecule has 0 aliphatic carbocycles. The van der Waals surface area contributed by atoms with Gasteiger partial charge in [-0.3, -0.25) is 0 Å². The first-order chi connectivity index (χ1) is 8.75.